The van der Waals surface area contributed by atoms with E-state index in [2.05, 4.69) is 4.40 Å². The Labute approximate surface area is 122 Å². The zero-order chi connectivity index (χ0) is 14.9. The molecule has 0 radical (unpaired) electrons. The van der Waals surface area contributed by atoms with Gasteiger partial charge in [-0.05, 0) is 37.6 Å². The summed E-state index contributed by atoms with van der Waals surface area (Å²) in [5.74, 6) is -0.305. The molecule has 0 unspecified atom stereocenters. The Bertz CT molecular complexity index is 759. The van der Waals surface area contributed by atoms with Crippen molar-refractivity contribution in [3.05, 3.63) is 52.6 Å². The van der Waals surface area contributed by atoms with Gasteiger partial charge in [0.2, 0.25) is 0 Å². The fraction of sp³-hybridized carbons (Fsp3) is 0.143. The highest BCUT2D eigenvalue weighted by atomic mass is 35.5. The van der Waals surface area contributed by atoms with E-state index in [1.54, 1.807) is 32.0 Å². The van der Waals surface area contributed by atoms with Crippen molar-refractivity contribution in [2.24, 2.45) is 4.40 Å². The van der Waals surface area contributed by atoms with Crippen molar-refractivity contribution in [2.75, 3.05) is 0 Å². The van der Waals surface area contributed by atoms with E-state index in [1.165, 1.54) is 18.2 Å². The SMILES string of the molecule is CC1=C(C)/C(=N/S(=O)(=O)c2ccccc2)C=C(Cl)C1=O. The Morgan fingerprint density at radius 3 is 2.25 bits per heavy atom. The number of benzene rings is 1. The van der Waals surface area contributed by atoms with Gasteiger partial charge in [0.05, 0.1) is 15.6 Å². The maximum absolute atomic E-state index is 12.2. The molecule has 0 fully saturated rings. The lowest BCUT2D eigenvalue weighted by atomic mass is 9.97. The molecule has 0 atom stereocenters. The minimum Gasteiger partial charge on any atom is -0.288 e. The summed E-state index contributed by atoms with van der Waals surface area (Å²) in [5, 5.41) is -0.0323. The Morgan fingerprint density at radius 1 is 1.05 bits per heavy atom. The second-order valence-electron chi connectivity index (χ2n) is 4.34. The molecule has 0 saturated heterocycles. The van der Waals surface area contributed by atoms with E-state index in [0.717, 1.165) is 0 Å². The van der Waals surface area contributed by atoms with E-state index < -0.39 is 10.0 Å². The lowest BCUT2D eigenvalue weighted by Crippen LogP contribution is -2.15. The van der Waals surface area contributed by atoms with Crippen LogP contribution in [-0.2, 0) is 14.8 Å². The molecule has 0 heterocycles. The molecule has 0 amide bonds. The van der Waals surface area contributed by atoms with Gasteiger partial charge in [0, 0.05) is 5.57 Å². The van der Waals surface area contributed by atoms with Crippen molar-refractivity contribution in [1.29, 1.82) is 0 Å². The standard InChI is InChI=1S/C14H12ClNO3S/c1-9-10(2)14(17)12(15)8-13(9)16-20(18,19)11-6-4-3-5-7-11/h3-8H,1-2H3/b16-13+. The van der Waals surface area contributed by atoms with Gasteiger partial charge < -0.3 is 0 Å². The molecule has 0 saturated carbocycles. The quantitative estimate of drug-likeness (QED) is 0.789. The van der Waals surface area contributed by atoms with Crippen LogP contribution in [-0.4, -0.2) is 19.9 Å². The Hall–Kier alpha value is -1.72. The lowest BCUT2D eigenvalue weighted by Gasteiger charge is -2.13. The predicted octanol–water partition coefficient (Wildman–Crippen LogP) is 2.86. The lowest BCUT2D eigenvalue weighted by molar-refractivity contribution is -0.111. The molecular formula is C14H12ClNO3S. The van der Waals surface area contributed by atoms with Crippen molar-refractivity contribution >= 4 is 33.1 Å². The number of ketones is 1. The molecule has 104 valence electrons. The first kappa shape index (κ1) is 14.7. The smallest absolute Gasteiger partial charge is 0.282 e. The molecule has 0 N–H and O–H groups in total. The van der Waals surface area contributed by atoms with Gasteiger partial charge in [0.15, 0.2) is 5.78 Å². The first-order chi connectivity index (χ1) is 9.33. The fourth-order valence-electron chi connectivity index (χ4n) is 1.70. The van der Waals surface area contributed by atoms with Crippen LogP contribution < -0.4 is 0 Å². The molecular weight excluding hydrogens is 298 g/mol. The summed E-state index contributed by atoms with van der Waals surface area (Å²) in [6, 6.07) is 7.88. The van der Waals surface area contributed by atoms with Gasteiger partial charge in [-0.1, -0.05) is 29.8 Å². The number of carbonyl (C=O) groups excluding carboxylic acids is 1. The molecule has 1 aliphatic rings. The average Bonchev–Trinajstić information content (AvgIpc) is 2.43. The van der Waals surface area contributed by atoms with E-state index in [9.17, 15) is 13.2 Å². The molecule has 4 nitrogen and oxygen atoms in total. The number of allylic oxidation sites excluding steroid dienone is 4. The molecule has 1 aromatic rings. The first-order valence-corrected chi connectivity index (χ1v) is 7.64. The summed E-state index contributed by atoms with van der Waals surface area (Å²) in [6.07, 6.45) is 1.28. The van der Waals surface area contributed by atoms with E-state index in [1.807, 2.05) is 0 Å². The number of carbonyl (C=O) groups is 1. The minimum absolute atomic E-state index is 0.0323. The normalized spacial score (nSPS) is 18.4. The van der Waals surface area contributed by atoms with Crippen molar-refractivity contribution in [3.8, 4) is 0 Å². The second-order valence-corrected chi connectivity index (χ2v) is 6.35. The summed E-state index contributed by atoms with van der Waals surface area (Å²) >= 11 is 5.80. The summed E-state index contributed by atoms with van der Waals surface area (Å²) in [6.45, 7) is 3.24. The van der Waals surface area contributed by atoms with Crippen LogP contribution in [0.25, 0.3) is 0 Å². The first-order valence-electron chi connectivity index (χ1n) is 5.82. The number of halogens is 1. The van der Waals surface area contributed by atoms with E-state index in [-0.39, 0.29) is 21.4 Å². The predicted molar refractivity (Wildman–Crippen MR) is 78.4 cm³/mol. The van der Waals surface area contributed by atoms with Gasteiger partial charge in [-0.25, -0.2) is 0 Å². The Kier molecular flexibility index (Phi) is 3.92. The van der Waals surface area contributed by atoms with Crippen molar-refractivity contribution < 1.29 is 13.2 Å². The van der Waals surface area contributed by atoms with Crippen molar-refractivity contribution in [1.82, 2.24) is 0 Å². The van der Waals surface area contributed by atoms with Crippen LogP contribution >= 0.6 is 11.6 Å². The van der Waals surface area contributed by atoms with Gasteiger partial charge in [0.1, 0.15) is 0 Å². The van der Waals surface area contributed by atoms with Gasteiger partial charge in [-0.2, -0.15) is 12.8 Å². The van der Waals surface area contributed by atoms with Gasteiger partial charge in [-0.3, -0.25) is 4.79 Å². The number of sulfonamides is 1. The summed E-state index contributed by atoms with van der Waals surface area (Å²) in [4.78, 5) is 11.8. The van der Waals surface area contributed by atoms with Gasteiger partial charge in [-0.15, -0.1) is 0 Å². The van der Waals surface area contributed by atoms with Crippen LogP contribution in [0.3, 0.4) is 0 Å². The van der Waals surface area contributed by atoms with Crippen molar-refractivity contribution in [3.63, 3.8) is 0 Å². The summed E-state index contributed by atoms with van der Waals surface area (Å²) in [7, 11) is -3.82. The molecule has 6 heteroatoms. The highest BCUT2D eigenvalue weighted by Gasteiger charge is 2.23. The average molecular weight is 310 g/mol. The Morgan fingerprint density at radius 2 is 1.65 bits per heavy atom. The van der Waals surface area contributed by atoms with Crippen LogP contribution in [0.4, 0.5) is 0 Å². The molecule has 0 bridgehead atoms. The molecule has 0 spiro atoms. The zero-order valence-corrected chi connectivity index (χ0v) is 12.5. The van der Waals surface area contributed by atoms with Gasteiger partial charge >= 0.3 is 0 Å². The van der Waals surface area contributed by atoms with E-state index in [0.29, 0.717) is 11.1 Å². The fourth-order valence-corrected chi connectivity index (χ4v) is 3.00. The van der Waals surface area contributed by atoms with E-state index in [4.69, 9.17) is 11.6 Å². The summed E-state index contributed by atoms with van der Waals surface area (Å²) in [5.41, 5.74) is 1.11. The van der Waals surface area contributed by atoms with Crippen LogP contribution in [0.15, 0.2) is 61.9 Å². The largest absolute Gasteiger partial charge is 0.288 e. The highest BCUT2D eigenvalue weighted by Crippen LogP contribution is 2.23. The number of nitrogens with zero attached hydrogens (tertiary/aromatic N) is 1. The topological polar surface area (TPSA) is 63.6 Å². The van der Waals surface area contributed by atoms with E-state index >= 15 is 0 Å². The van der Waals surface area contributed by atoms with Gasteiger partial charge in [0.25, 0.3) is 10.0 Å². The molecule has 0 aromatic heterocycles. The molecule has 20 heavy (non-hydrogen) atoms. The third-order valence-corrected chi connectivity index (χ3v) is 4.61. The molecule has 2 rings (SSSR count). The Balaban J connectivity index is 2.54. The monoisotopic (exact) mass is 309 g/mol. The summed E-state index contributed by atoms with van der Waals surface area (Å²) < 4.78 is 28.1. The number of hydrogen-bond acceptors (Lipinski definition) is 3. The maximum Gasteiger partial charge on any atom is 0.282 e. The highest BCUT2D eigenvalue weighted by molar-refractivity contribution is 7.90. The second kappa shape index (κ2) is 5.34. The van der Waals surface area contributed by atoms with Crippen LogP contribution in [0.1, 0.15) is 13.8 Å². The van der Waals surface area contributed by atoms with Crippen molar-refractivity contribution in [2.45, 2.75) is 18.7 Å². The van der Waals surface area contributed by atoms with Crippen LogP contribution in [0.2, 0.25) is 0 Å². The molecule has 1 aromatic carbocycles. The third kappa shape index (κ3) is 2.73. The zero-order valence-electron chi connectivity index (χ0n) is 10.9. The molecule has 0 aliphatic heterocycles. The maximum atomic E-state index is 12.2. The third-order valence-electron chi connectivity index (χ3n) is 3.03. The van der Waals surface area contributed by atoms with Crippen LogP contribution in [0, 0.1) is 0 Å². The minimum atomic E-state index is -3.82. The number of rotatable bonds is 2. The molecule has 1 aliphatic carbocycles. The van der Waals surface area contributed by atoms with Crippen LogP contribution in [0.5, 0.6) is 0 Å². The number of hydrogen-bond donors (Lipinski definition) is 0. The number of Topliss-reactive ketones (excluding diaryl/α,β-unsaturated/α-hetero) is 1.